The van der Waals surface area contributed by atoms with Crippen molar-refractivity contribution in [2.75, 3.05) is 31.1 Å². The highest BCUT2D eigenvalue weighted by atomic mass is 32.1. The second-order valence-electron chi connectivity index (χ2n) is 5.29. The monoisotopic (exact) mass is 291 g/mol. The van der Waals surface area contributed by atoms with Crippen molar-refractivity contribution in [1.29, 1.82) is 0 Å². The number of hydrogen-bond acceptors (Lipinski definition) is 5. The van der Waals surface area contributed by atoms with E-state index in [1.54, 1.807) is 22.9 Å². The summed E-state index contributed by atoms with van der Waals surface area (Å²) in [6.45, 7) is 4.93. The van der Waals surface area contributed by atoms with Crippen LogP contribution in [0.3, 0.4) is 0 Å². The van der Waals surface area contributed by atoms with Crippen molar-refractivity contribution >= 4 is 27.9 Å². The maximum Gasteiger partial charge on any atom is 0.112 e. The molecule has 3 aliphatic rings. The molecule has 100 valence electrons. The predicted octanol–water partition coefficient (Wildman–Crippen LogP) is 3.16. The molecule has 0 aromatic carbocycles. The van der Waals surface area contributed by atoms with E-state index in [1.165, 1.54) is 42.4 Å². The highest BCUT2D eigenvalue weighted by molar-refractivity contribution is 7.14. The molecule has 3 saturated heterocycles. The molecule has 3 fully saturated rings. The number of aromatic nitrogens is 1. The lowest BCUT2D eigenvalue weighted by Gasteiger charge is -2.31. The average Bonchev–Trinajstić information content (AvgIpc) is 3.05. The number of rotatable bonds is 2. The van der Waals surface area contributed by atoms with Crippen molar-refractivity contribution in [3.8, 4) is 10.6 Å². The molecule has 2 aromatic rings. The normalized spacial score (nSPS) is 26.6. The molecule has 19 heavy (non-hydrogen) atoms. The van der Waals surface area contributed by atoms with Crippen LogP contribution >= 0.6 is 22.9 Å². The van der Waals surface area contributed by atoms with E-state index in [0.29, 0.717) is 0 Å². The van der Waals surface area contributed by atoms with E-state index < -0.39 is 0 Å². The SMILES string of the molecule is c1csc(-c2cc(N3CCN4CCC3CC4)sn2)c1. The third-order valence-corrected chi connectivity index (χ3v) is 5.93. The van der Waals surface area contributed by atoms with Crippen LogP contribution in [0.1, 0.15) is 12.8 Å². The average molecular weight is 291 g/mol. The maximum atomic E-state index is 4.64. The summed E-state index contributed by atoms with van der Waals surface area (Å²) < 4.78 is 4.64. The zero-order valence-electron chi connectivity index (χ0n) is 10.8. The number of piperidine rings is 1. The minimum absolute atomic E-state index is 0.732. The van der Waals surface area contributed by atoms with Crippen LogP contribution in [0.4, 0.5) is 5.00 Å². The summed E-state index contributed by atoms with van der Waals surface area (Å²) in [6.07, 6.45) is 2.62. The fourth-order valence-corrected chi connectivity index (χ4v) is 4.71. The predicted molar refractivity (Wildman–Crippen MR) is 82.2 cm³/mol. The molecule has 5 rings (SSSR count). The van der Waals surface area contributed by atoms with Gasteiger partial charge in [-0.1, -0.05) is 6.07 Å². The largest absolute Gasteiger partial charge is 0.358 e. The van der Waals surface area contributed by atoms with Crippen LogP contribution in [0.15, 0.2) is 23.6 Å². The molecule has 0 unspecified atom stereocenters. The second-order valence-corrected chi connectivity index (χ2v) is 7.03. The molecule has 2 aromatic heterocycles. The van der Waals surface area contributed by atoms with Gasteiger partial charge in [-0.3, -0.25) is 0 Å². The molecule has 0 radical (unpaired) electrons. The topological polar surface area (TPSA) is 19.4 Å². The molecule has 3 nitrogen and oxygen atoms in total. The minimum Gasteiger partial charge on any atom is -0.358 e. The summed E-state index contributed by atoms with van der Waals surface area (Å²) in [5.41, 5.74) is 1.15. The Kier molecular flexibility index (Phi) is 3.06. The number of nitrogens with zero attached hydrogens (tertiary/aromatic N) is 3. The molecule has 0 amide bonds. The lowest BCUT2D eigenvalue weighted by Crippen LogP contribution is -2.37. The lowest BCUT2D eigenvalue weighted by atomic mass is 10.1. The Bertz CT molecular complexity index is 541. The fraction of sp³-hybridized carbons (Fsp3) is 0.500. The fourth-order valence-electron chi connectivity index (χ4n) is 3.12. The highest BCUT2D eigenvalue weighted by Gasteiger charge is 2.30. The van der Waals surface area contributed by atoms with E-state index >= 15 is 0 Å². The number of hydrogen-bond donors (Lipinski definition) is 0. The number of fused-ring (bicyclic) bond motifs is 4. The van der Waals surface area contributed by atoms with Crippen LogP contribution in [-0.2, 0) is 0 Å². The molecule has 5 heteroatoms. The van der Waals surface area contributed by atoms with Crippen molar-refractivity contribution in [1.82, 2.24) is 9.27 Å². The molecular formula is C14H17N3S2. The number of anilines is 1. The highest BCUT2D eigenvalue weighted by Crippen LogP contribution is 2.34. The summed E-state index contributed by atoms with van der Waals surface area (Å²) in [7, 11) is 0. The third-order valence-electron chi connectivity index (χ3n) is 4.21. The maximum absolute atomic E-state index is 4.64. The van der Waals surface area contributed by atoms with Gasteiger partial charge in [-0.05, 0) is 35.8 Å². The Morgan fingerprint density at radius 3 is 2.84 bits per heavy atom. The van der Waals surface area contributed by atoms with E-state index in [2.05, 4.69) is 37.8 Å². The Morgan fingerprint density at radius 1 is 1.16 bits per heavy atom. The standard InChI is InChI=1S/C14H17N3S2/c1-2-13(18-9-1)12-10-14(19-15-12)17-8-7-16-5-3-11(17)4-6-16/h1-2,9-11H,3-8H2. The van der Waals surface area contributed by atoms with E-state index in [-0.39, 0.29) is 0 Å². The zero-order valence-corrected chi connectivity index (χ0v) is 12.4. The van der Waals surface area contributed by atoms with Gasteiger partial charge in [0.2, 0.25) is 0 Å². The van der Waals surface area contributed by atoms with Gasteiger partial charge in [0.25, 0.3) is 0 Å². The molecule has 0 spiro atoms. The Labute approximate surface area is 121 Å². The van der Waals surface area contributed by atoms with Crippen molar-refractivity contribution in [3.63, 3.8) is 0 Å². The van der Waals surface area contributed by atoms with Crippen molar-refractivity contribution < 1.29 is 0 Å². The summed E-state index contributed by atoms with van der Waals surface area (Å²) >= 11 is 3.44. The van der Waals surface area contributed by atoms with Gasteiger partial charge in [0.05, 0.1) is 10.6 Å². The van der Waals surface area contributed by atoms with Crippen LogP contribution in [0.2, 0.25) is 0 Å². The Hall–Kier alpha value is -0.910. The van der Waals surface area contributed by atoms with E-state index in [0.717, 1.165) is 18.3 Å². The molecule has 0 atom stereocenters. The lowest BCUT2D eigenvalue weighted by molar-refractivity contribution is 0.250. The molecule has 3 aliphatic heterocycles. The van der Waals surface area contributed by atoms with Gasteiger partial charge in [-0.25, -0.2) is 0 Å². The van der Waals surface area contributed by atoms with Gasteiger partial charge in [0, 0.05) is 38.3 Å². The number of thiophene rings is 1. The van der Waals surface area contributed by atoms with Crippen LogP contribution in [-0.4, -0.2) is 41.5 Å². The van der Waals surface area contributed by atoms with Gasteiger partial charge >= 0.3 is 0 Å². The molecule has 0 N–H and O–H groups in total. The Balaban J connectivity index is 1.62. The first kappa shape index (κ1) is 11.9. The van der Waals surface area contributed by atoms with Crippen LogP contribution in [0, 0.1) is 0 Å². The first-order chi connectivity index (χ1) is 9.40. The van der Waals surface area contributed by atoms with Crippen molar-refractivity contribution in [3.05, 3.63) is 23.6 Å². The smallest absolute Gasteiger partial charge is 0.112 e. The summed E-state index contributed by atoms with van der Waals surface area (Å²) in [5, 5.41) is 3.48. The van der Waals surface area contributed by atoms with Gasteiger partial charge in [0.15, 0.2) is 0 Å². The quantitative estimate of drug-likeness (QED) is 0.847. The molecular weight excluding hydrogens is 274 g/mol. The molecule has 0 saturated carbocycles. The molecule has 5 heterocycles. The van der Waals surface area contributed by atoms with Gasteiger partial charge in [-0.2, -0.15) is 4.37 Å². The van der Waals surface area contributed by atoms with Crippen molar-refractivity contribution in [2.45, 2.75) is 18.9 Å². The van der Waals surface area contributed by atoms with Gasteiger partial charge in [0.1, 0.15) is 5.00 Å². The van der Waals surface area contributed by atoms with Gasteiger partial charge in [-0.15, -0.1) is 11.3 Å². The van der Waals surface area contributed by atoms with Crippen LogP contribution in [0.5, 0.6) is 0 Å². The van der Waals surface area contributed by atoms with E-state index in [9.17, 15) is 0 Å². The second kappa shape index (κ2) is 4.89. The van der Waals surface area contributed by atoms with E-state index in [4.69, 9.17) is 0 Å². The van der Waals surface area contributed by atoms with Crippen LogP contribution in [0.25, 0.3) is 10.6 Å². The van der Waals surface area contributed by atoms with Gasteiger partial charge < -0.3 is 9.80 Å². The minimum atomic E-state index is 0.732. The Morgan fingerprint density at radius 2 is 2.05 bits per heavy atom. The van der Waals surface area contributed by atoms with Crippen molar-refractivity contribution in [2.24, 2.45) is 0 Å². The van der Waals surface area contributed by atoms with Crippen LogP contribution < -0.4 is 4.90 Å². The molecule has 2 bridgehead atoms. The first-order valence-corrected chi connectivity index (χ1v) is 8.55. The summed E-state index contributed by atoms with van der Waals surface area (Å²) in [4.78, 5) is 6.48. The summed E-state index contributed by atoms with van der Waals surface area (Å²) in [5.74, 6) is 0. The zero-order chi connectivity index (χ0) is 12.7. The first-order valence-electron chi connectivity index (χ1n) is 6.90. The molecule has 0 aliphatic carbocycles. The summed E-state index contributed by atoms with van der Waals surface area (Å²) in [6, 6.07) is 7.27. The third kappa shape index (κ3) is 2.20. The van der Waals surface area contributed by atoms with E-state index in [1.807, 2.05) is 0 Å².